The molecule has 1 fully saturated rings. The molecule has 2 aromatic carbocycles. The quantitative estimate of drug-likeness (QED) is 0.617. The number of benzene rings is 2. The molecule has 0 bridgehead atoms. The standard InChI is InChI=1S/C23H24ClF3N2O5S/c1-13-11-28(17-6-7-19(24)20(10-17)34-23(25,26)27)12-14(2)29(13)35(32,33)21-5-3-4-15-8-16(22(30)31)9-18(15)21/h3-7,10,13-14,16H,8-9,11-12H2,1-2H3,(H,30,31)/t13-,14+,16?. The topological polar surface area (TPSA) is 87.2 Å². The van der Waals surface area contributed by atoms with Gasteiger partial charge in [-0.05, 0) is 56.0 Å². The summed E-state index contributed by atoms with van der Waals surface area (Å²) in [6, 6.07) is 7.91. The Morgan fingerprint density at radius 2 is 1.77 bits per heavy atom. The monoisotopic (exact) mass is 532 g/mol. The van der Waals surface area contributed by atoms with Gasteiger partial charge in [-0.15, -0.1) is 13.2 Å². The van der Waals surface area contributed by atoms with Gasteiger partial charge in [-0.1, -0.05) is 23.7 Å². The molecule has 4 rings (SSSR count). The summed E-state index contributed by atoms with van der Waals surface area (Å²) in [5, 5.41) is 9.21. The van der Waals surface area contributed by atoms with Gasteiger partial charge in [-0.3, -0.25) is 4.79 Å². The molecule has 12 heteroatoms. The SMILES string of the molecule is C[C@@H]1CN(c2ccc(Cl)c(OC(F)(F)F)c2)C[C@H](C)N1S(=O)(=O)c1cccc2c1CC(C(=O)O)C2. The van der Waals surface area contributed by atoms with Gasteiger partial charge in [0.25, 0.3) is 0 Å². The van der Waals surface area contributed by atoms with Gasteiger partial charge in [0.15, 0.2) is 0 Å². The average molecular weight is 533 g/mol. The number of nitrogens with zero attached hydrogens (tertiary/aromatic N) is 2. The maximum atomic E-state index is 13.7. The van der Waals surface area contributed by atoms with Gasteiger partial charge in [-0.25, -0.2) is 8.42 Å². The lowest BCUT2D eigenvalue weighted by molar-refractivity contribution is -0.274. The Labute approximate surface area is 206 Å². The summed E-state index contributed by atoms with van der Waals surface area (Å²) >= 11 is 5.86. The lowest BCUT2D eigenvalue weighted by Crippen LogP contribution is -2.58. The summed E-state index contributed by atoms with van der Waals surface area (Å²) in [5.41, 5.74) is 1.68. The van der Waals surface area contributed by atoms with Crippen molar-refractivity contribution in [3.8, 4) is 5.75 Å². The number of carbonyl (C=O) groups is 1. The van der Waals surface area contributed by atoms with E-state index < -0.39 is 46.1 Å². The first-order valence-corrected chi connectivity index (χ1v) is 12.8. The van der Waals surface area contributed by atoms with E-state index in [0.717, 1.165) is 5.56 Å². The normalized spacial score (nSPS) is 23.3. The number of carboxylic acids is 1. The van der Waals surface area contributed by atoms with E-state index in [2.05, 4.69) is 4.74 Å². The number of halogens is 4. The molecule has 0 amide bonds. The van der Waals surface area contributed by atoms with E-state index in [1.807, 2.05) is 0 Å². The van der Waals surface area contributed by atoms with Crippen LogP contribution in [0.1, 0.15) is 25.0 Å². The van der Waals surface area contributed by atoms with Crippen molar-refractivity contribution in [1.82, 2.24) is 4.31 Å². The fraction of sp³-hybridized carbons (Fsp3) is 0.435. The molecule has 0 spiro atoms. The minimum Gasteiger partial charge on any atom is -0.481 e. The average Bonchev–Trinajstić information content (AvgIpc) is 3.18. The number of rotatable bonds is 5. The van der Waals surface area contributed by atoms with Crippen molar-refractivity contribution >= 4 is 33.3 Å². The first-order valence-electron chi connectivity index (χ1n) is 10.9. The van der Waals surface area contributed by atoms with Gasteiger partial charge in [-0.2, -0.15) is 4.31 Å². The van der Waals surface area contributed by atoms with Crippen LogP contribution in [0.15, 0.2) is 41.3 Å². The summed E-state index contributed by atoms with van der Waals surface area (Å²) in [5.74, 6) is -2.15. The highest BCUT2D eigenvalue weighted by Crippen LogP contribution is 2.38. The highest BCUT2D eigenvalue weighted by atomic mass is 35.5. The molecule has 1 aliphatic heterocycles. The molecule has 35 heavy (non-hydrogen) atoms. The van der Waals surface area contributed by atoms with Crippen molar-refractivity contribution in [2.75, 3.05) is 18.0 Å². The lowest BCUT2D eigenvalue weighted by Gasteiger charge is -2.44. The maximum Gasteiger partial charge on any atom is 0.573 e. The molecule has 2 aromatic rings. The fourth-order valence-corrected chi connectivity index (χ4v) is 7.27. The zero-order valence-corrected chi connectivity index (χ0v) is 20.5. The molecular weight excluding hydrogens is 509 g/mol. The number of alkyl halides is 3. The summed E-state index contributed by atoms with van der Waals surface area (Å²) in [4.78, 5) is 13.4. The Morgan fingerprint density at radius 3 is 2.37 bits per heavy atom. The Balaban J connectivity index is 1.60. The number of ether oxygens (including phenoxy) is 1. The van der Waals surface area contributed by atoms with E-state index in [9.17, 15) is 31.5 Å². The second-order valence-electron chi connectivity index (χ2n) is 8.94. The molecule has 2 aliphatic rings. The van der Waals surface area contributed by atoms with E-state index in [-0.39, 0.29) is 35.8 Å². The van der Waals surface area contributed by atoms with E-state index in [0.29, 0.717) is 11.3 Å². The molecule has 1 heterocycles. The Morgan fingerprint density at radius 1 is 1.11 bits per heavy atom. The molecule has 1 aliphatic carbocycles. The van der Waals surface area contributed by atoms with Crippen molar-refractivity contribution in [2.24, 2.45) is 5.92 Å². The Hall–Kier alpha value is -2.50. The fourth-order valence-electron chi connectivity index (χ4n) is 5.03. The molecular formula is C23H24ClF3N2O5S. The van der Waals surface area contributed by atoms with Crippen LogP contribution < -0.4 is 9.64 Å². The predicted octanol–water partition coefficient (Wildman–Crippen LogP) is 4.33. The van der Waals surface area contributed by atoms with Crippen LogP contribution in [-0.4, -0.2) is 55.3 Å². The number of aliphatic carboxylic acids is 1. The van der Waals surface area contributed by atoms with Gasteiger partial charge in [0.05, 0.1) is 15.8 Å². The van der Waals surface area contributed by atoms with Crippen molar-refractivity contribution < 1.29 is 36.2 Å². The van der Waals surface area contributed by atoms with Crippen LogP contribution in [0, 0.1) is 5.92 Å². The molecule has 190 valence electrons. The third-order valence-corrected chi connectivity index (χ3v) is 8.92. The van der Waals surface area contributed by atoms with Gasteiger partial charge >= 0.3 is 12.3 Å². The van der Waals surface area contributed by atoms with Gasteiger partial charge in [0.1, 0.15) is 5.75 Å². The predicted molar refractivity (Wildman–Crippen MR) is 123 cm³/mol. The number of anilines is 1. The zero-order chi connectivity index (χ0) is 25.7. The minimum absolute atomic E-state index is 0.109. The lowest BCUT2D eigenvalue weighted by atomic mass is 10.1. The third kappa shape index (κ3) is 5.07. The molecule has 3 atom stereocenters. The second-order valence-corrected chi connectivity index (χ2v) is 11.2. The second kappa shape index (κ2) is 9.18. The number of carboxylic acid groups (broad SMARTS) is 1. The first kappa shape index (κ1) is 25.6. The van der Waals surface area contributed by atoms with E-state index >= 15 is 0 Å². The van der Waals surface area contributed by atoms with Crippen LogP contribution in [-0.2, 0) is 27.7 Å². The van der Waals surface area contributed by atoms with Crippen LogP contribution >= 0.6 is 11.6 Å². The summed E-state index contributed by atoms with van der Waals surface area (Å²) in [7, 11) is -3.96. The largest absolute Gasteiger partial charge is 0.573 e. The van der Waals surface area contributed by atoms with Crippen molar-refractivity contribution in [2.45, 2.75) is 50.0 Å². The molecule has 1 saturated heterocycles. The van der Waals surface area contributed by atoms with E-state index in [4.69, 9.17) is 11.6 Å². The van der Waals surface area contributed by atoms with Crippen molar-refractivity contribution in [3.63, 3.8) is 0 Å². The number of fused-ring (bicyclic) bond motifs is 1. The number of piperazine rings is 1. The van der Waals surface area contributed by atoms with Crippen LogP contribution in [0.4, 0.5) is 18.9 Å². The van der Waals surface area contributed by atoms with Crippen molar-refractivity contribution in [1.29, 1.82) is 0 Å². The molecule has 7 nitrogen and oxygen atoms in total. The molecule has 0 aromatic heterocycles. The van der Waals surface area contributed by atoms with Gasteiger partial charge in [0.2, 0.25) is 10.0 Å². The summed E-state index contributed by atoms with van der Waals surface area (Å²) in [6.45, 7) is 3.91. The smallest absolute Gasteiger partial charge is 0.481 e. The first-order chi connectivity index (χ1) is 16.3. The van der Waals surface area contributed by atoms with E-state index in [1.165, 1.54) is 22.5 Å². The zero-order valence-electron chi connectivity index (χ0n) is 18.9. The molecule has 0 saturated carbocycles. The number of sulfonamides is 1. The Kier molecular flexibility index (Phi) is 6.71. The maximum absolute atomic E-state index is 13.7. The highest BCUT2D eigenvalue weighted by Gasteiger charge is 2.41. The van der Waals surface area contributed by atoms with E-state index in [1.54, 1.807) is 36.9 Å². The van der Waals surface area contributed by atoms with Crippen LogP contribution in [0.3, 0.4) is 0 Å². The van der Waals surface area contributed by atoms with Crippen LogP contribution in [0.5, 0.6) is 5.75 Å². The van der Waals surface area contributed by atoms with Crippen LogP contribution in [0.25, 0.3) is 0 Å². The minimum atomic E-state index is -4.90. The third-order valence-electron chi connectivity index (χ3n) is 6.40. The van der Waals surface area contributed by atoms with Crippen molar-refractivity contribution in [3.05, 3.63) is 52.5 Å². The molecule has 1 unspecified atom stereocenters. The summed E-state index contributed by atoms with van der Waals surface area (Å²) < 4.78 is 71.1. The van der Waals surface area contributed by atoms with Gasteiger partial charge in [0, 0.05) is 36.9 Å². The summed E-state index contributed by atoms with van der Waals surface area (Å²) in [6.07, 6.45) is -4.47. The van der Waals surface area contributed by atoms with Crippen LogP contribution in [0.2, 0.25) is 5.02 Å². The Bertz CT molecular complexity index is 1240. The molecule has 1 N–H and O–H groups in total. The number of hydrogen-bond acceptors (Lipinski definition) is 5. The molecule has 0 radical (unpaired) electrons. The number of hydrogen-bond donors (Lipinski definition) is 1. The van der Waals surface area contributed by atoms with Gasteiger partial charge < -0.3 is 14.7 Å². The highest BCUT2D eigenvalue weighted by molar-refractivity contribution is 7.89.